The topological polar surface area (TPSA) is 97.8 Å². The van der Waals surface area contributed by atoms with Crippen LogP contribution in [0.4, 0.5) is 5.69 Å². The second kappa shape index (κ2) is 12.5. The number of fused-ring (bicyclic) bond motifs is 3. The van der Waals surface area contributed by atoms with E-state index in [2.05, 4.69) is 10.2 Å². The first-order valence-electron chi connectivity index (χ1n) is 12.2. The molecule has 0 atom stereocenters. The Bertz CT molecular complexity index is 1240. The maximum atomic E-state index is 12.4. The molecule has 0 radical (unpaired) electrons. The van der Waals surface area contributed by atoms with E-state index in [4.69, 9.17) is 14.9 Å². The standard InChI is InChI=1S/C27H31N3O4.2ClH/c28-19-7-5-18(6-8-19)26(31)29-20-11-14-30(15-12-20)13-2-16-33-21-9-10-23-22-3-1-4-24(22)27(32)34-25(23)17-21;;/h5-10,17,20H,1-4,11-16,28H2,(H,29,31);2*1H. The highest BCUT2D eigenvalue weighted by Crippen LogP contribution is 2.29. The van der Waals surface area contributed by atoms with E-state index in [-0.39, 0.29) is 42.4 Å². The summed E-state index contributed by atoms with van der Waals surface area (Å²) < 4.78 is 11.5. The van der Waals surface area contributed by atoms with E-state index in [1.165, 1.54) is 0 Å². The zero-order chi connectivity index (χ0) is 23.5. The summed E-state index contributed by atoms with van der Waals surface area (Å²) in [6, 6.07) is 13.0. The number of rotatable bonds is 7. The largest absolute Gasteiger partial charge is 0.493 e. The van der Waals surface area contributed by atoms with Crippen molar-refractivity contribution < 1.29 is 13.9 Å². The Morgan fingerprint density at radius 3 is 2.53 bits per heavy atom. The number of carbonyl (C=O) groups is 1. The number of nitrogens with zero attached hydrogens (tertiary/aromatic N) is 1. The molecular weight excluding hydrogens is 501 g/mol. The van der Waals surface area contributed by atoms with E-state index in [9.17, 15) is 9.59 Å². The second-order valence-electron chi connectivity index (χ2n) is 9.27. The molecule has 1 saturated heterocycles. The second-order valence-corrected chi connectivity index (χ2v) is 9.27. The van der Waals surface area contributed by atoms with Crippen LogP contribution in [0.25, 0.3) is 11.0 Å². The van der Waals surface area contributed by atoms with Crippen molar-refractivity contribution in [2.45, 2.75) is 44.6 Å². The fraction of sp³-hybridized carbons (Fsp3) is 0.407. The van der Waals surface area contributed by atoms with Crippen molar-refractivity contribution in [3.63, 3.8) is 0 Å². The van der Waals surface area contributed by atoms with Crippen LogP contribution in [0.2, 0.25) is 0 Å². The molecule has 9 heteroatoms. The maximum Gasteiger partial charge on any atom is 0.339 e. The minimum absolute atomic E-state index is 0. The van der Waals surface area contributed by atoms with Crippen LogP contribution in [-0.2, 0) is 12.8 Å². The molecule has 0 saturated carbocycles. The number of carbonyl (C=O) groups excluding carboxylic acids is 1. The fourth-order valence-electron chi connectivity index (χ4n) is 5.04. The van der Waals surface area contributed by atoms with Crippen LogP contribution >= 0.6 is 24.8 Å². The molecule has 1 aromatic heterocycles. The van der Waals surface area contributed by atoms with Gasteiger partial charge < -0.3 is 25.1 Å². The molecule has 0 unspecified atom stereocenters. The van der Waals surface area contributed by atoms with Crippen LogP contribution in [0, 0.1) is 0 Å². The van der Waals surface area contributed by atoms with Gasteiger partial charge in [0.2, 0.25) is 0 Å². The lowest BCUT2D eigenvalue weighted by Crippen LogP contribution is -2.45. The van der Waals surface area contributed by atoms with Crippen LogP contribution in [0.1, 0.15) is 47.2 Å². The van der Waals surface area contributed by atoms with E-state index in [0.29, 0.717) is 23.4 Å². The van der Waals surface area contributed by atoms with Gasteiger partial charge in [-0.3, -0.25) is 4.79 Å². The Morgan fingerprint density at radius 1 is 1.06 bits per heavy atom. The molecule has 1 aliphatic carbocycles. The first kappa shape index (κ1) is 27.8. The molecule has 36 heavy (non-hydrogen) atoms. The summed E-state index contributed by atoms with van der Waals surface area (Å²) in [5.74, 6) is 0.695. The zero-order valence-electron chi connectivity index (χ0n) is 20.2. The van der Waals surface area contributed by atoms with E-state index < -0.39 is 0 Å². The highest BCUT2D eigenvalue weighted by molar-refractivity contribution is 5.94. The van der Waals surface area contributed by atoms with Gasteiger partial charge in [0.1, 0.15) is 11.3 Å². The van der Waals surface area contributed by atoms with Crippen LogP contribution in [0.3, 0.4) is 0 Å². The Labute approximate surface area is 223 Å². The van der Waals surface area contributed by atoms with Crippen LogP contribution in [-0.4, -0.2) is 43.1 Å². The number of nitrogen functional groups attached to an aromatic ring is 1. The first-order chi connectivity index (χ1) is 16.6. The van der Waals surface area contributed by atoms with Crippen molar-refractivity contribution in [1.82, 2.24) is 10.2 Å². The molecule has 2 aromatic carbocycles. The van der Waals surface area contributed by atoms with Crippen LogP contribution < -0.4 is 21.4 Å². The van der Waals surface area contributed by atoms with Gasteiger partial charge in [0.15, 0.2) is 0 Å². The highest BCUT2D eigenvalue weighted by atomic mass is 35.5. The molecular formula is C27H33Cl2N3O4. The third-order valence-electron chi connectivity index (χ3n) is 6.93. The fourth-order valence-corrected chi connectivity index (χ4v) is 5.04. The van der Waals surface area contributed by atoms with Crippen molar-refractivity contribution in [2.75, 3.05) is 32.0 Å². The van der Waals surface area contributed by atoms with Gasteiger partial charge in [-0.05, 0) is 80.5 Å². The van der Waals surface area contributed by atoms with Crippen molar-refractivity contribution in [1.29, 1.82) is 0 Å². The summed E-state index contributed by atoms with van der Waals surface area (Å²) in [5, 5.41) is 4.17. The Kier molecular flexibility index (Phi) is 9.65. The number of benzene rings is 2. The highest BCUT2D eigenvalue weighted by Gasteiger charge is 2.21. The number of nitrogens with one attached hydrogen (secondary N) is 1. The summed E-state index contributed by atoms with van der Waals surface area (Å²) in [7, 11) is 0. The van der Waals surface area contributed by atoms with Gasteiger partial charge in [0, 0.05) is 53.9 Å². The Hall–Kier alpha value is -2.74. The van der Waals surface area contributed by atoms with Gasteiger partial charge in [-0.15, -0.1) is 24.8 Å². The minimum Gasteiger partial charge on any atom is -0.493 e. The van der Waals surface area contributed by atoms with Gasteiger partial charge in [-0.1, -0.05) is 0 Å². The van der Waals surface area contributed by atoms with Gasteiger partial charge in [-0.2, -0.15) is 0 Å². The molecule has 2 aliphatic rings. The average Bonchev–Trinajstić information content (AvgIpc) is 3.34. The predicted molar refractivity (Wildman–Crippen MR) is 147 cm³/mol. The summed E-state index contributed by atoms with van der Waals surface area (Å²) in [6.07, 6.45) is 5.57. The minimum atomic E-state index is -0.204. The van der Waals surface area contributed by atoms with Crippen molar-refractivity contribution in [2.24, 2.45) is 0 Å². The van der Waals surface area contributed by atoms with Crippen molar-refractivity contribution >= 4 is 47.4 Å². The summed E-state index contributed by atoms with van der Waals surface area (Å²) in [6.45, 7) is 3.47. The number of nitrogens with two attached hydrogens (primary N) is 1. The third-order valence-corrected chi connectivity index (χ3v) is 6.93. The first-order valence-corrected chi connectivity index (χ1v) is 12.2. The molecule has 5 rings (SSSR count). The molecule has 1 amide bonds. The van der Waals surface area contributed by atoms with E-state index >= 15 is 0 Å². The van der Waals surface area contributed by atoms with Gasteiger partial charge in [-0.25, -0.2) is 4.79 Å². The molecule has 194 valence electrons. The third kappa shape index (κ3) is 6.33. The average molecular weight is 534 g/mol. The summed E-state index contributed by atoms with van der Waals surface area (Å²) in [5.41, 5.74) is 9.39. The molecule has 0 bridgehead atoms. The van der Waals surface area contributed by atoms with E-state index in [1.807, 2.05) is 18.2 Å². The molecule has 3 N–H and O–H groups in total. The Balaban J connectivity index is 0.00000180. The zero-order valence-corrected chi connectivity index (χ0v) is 21.8. The summed E-state index contributed by atoms with van der Waals surface area (Å²) >= 11 is 0. The number of likely N-dealkylation sites (tertiary alicyclic amines) is 1. The SMILES string of the molecule is Cl.Cl.Nc1ccc(C(=O)NC2CCN(CCCOc3ccc4c5c(c(=O)oc4c3)CCC5)CC2)cc1. The summed E-state index contributed by atoms with van der Waals surface area (Å²) in [4.78, 5) is 27.0. The molecule has 1 fully saturated rings. The van der Waals surface area contributed by atoms with Gasteiger partial charge >= 0.3 is 5.63 Å². The smallest absolute Gasteiger partial charge is 0.339 e. The predicted octanol–water partition coefficient (Wildman–Crippen LogP) is 4.37. The lowest BCUT2D eigenvalue weighted by atomic mass is 10.0. The number of piperidine rings is 1. The molecule has 0 spiro atoms. The number of hydrogen-bond donors (Lipinski definition) is 2. The molecule has 2 heterocycles. The lowest BCUT2D eigenvalue weighted by molar-refractivity contribution is 0.0909. The van der Waals surface area contributed by atoms with Crippen LogP contribution in [0.15, 0.2) is 51.7 Å². The molecule has 7 nitrogen and oxygen atoms in total. The lowest BCUT2D eigenvalue weighted by Gasteiger charge is -2.32. The number of amides is 1. The van der Waals surface area contributed by atoms with E-state index in [0.717, 1.165) is 80.4 Å². The van der Waals surface area contributed by atoms with Crippen molar-refractivity contribution in [3.8, 4) is 5.75 Å². The number of aryl methyl sites for hydroxylation is 1. The van der Waals surface area contributed by atoms with Crippen molar-refractivity contribution in [3.05, 3.63) is 69.6 Å². The molecule has 3 aromatic rings. The quantitative estimate of drug-likeness (QED) is 0.266. The van der Waals surface area contributed by atoms with Gasteiger partial charge in [0.25, 0.3) is 5.91 Å². The van der Waals surface area contributed by atoms with Crippen LogP contribution in [0.5, 0.6) is 5.75 Å². The normalized spacial score (nSPS) is 15.6. The Morgan fingerprint density at radius 2 is 1.78 bits per heavy atom. The number of halogens is 2. The number of hydrogen-bond acceptors (Lipinski definition) is 6. The number of ether oxygens (including phenoxy) is 1. The van der Waals surface area contributed by atoms with E-state index in [1.54, 1.807) is 24.3 Å². The van der Waals surface area contributed by atoms with Gasteiger partial charge in [0.05, 0.1) is 6.61 Å². The maximum absolute atomic E-state index is 12.4. The number of anilines is 1. The monoisotopic (exact) mass is 533 g/mol. The molecule has 1 aliphatic heterocycles.